The van der Waals surface area contributed by atoms with Crippen LogP contribution < -0.4 is 5.32 Å². The number of thiol groups is 1. The summed E-state index contributed by atoms with van der Waals surface area (Å²) in [6.45, 7) is 10.7. The van der Waals surface area contributed by atoms with E-state index in [0.29, 0.717) is 12.2 Å². The van der Waals surface area contributed by atoms with Crippen molar-refractivity contribution >= 4 is 43.7 Å². The second kappa shape index (κ2) is 10.5. The minimum Gasteiger partial charge on any atom is -0.322 e. The molecule has 1 aromatic carbocycles. The van der Waals surface area contributed by atoms with Crippen molar-refractivity contribution in [3.63, 3.8) is 0 Å². The lowest BCUT2D eigenvalue weighted by molar-refractivity contribution is -0.126. The highest BCUT2D eigenvalue weighted by molar-refractivity contribution is 7.80. The number of carbonyl (C=O) groups is 2. The van der Waals surface area contributed by atoms with Gasteiger partial charge in [0, 0.05) is 19.0 Å². The van der Waals surface area contributed by atoms with E-state index in [1.54, 1.807) is 0 Å². The zero-order valence-corrected chi connectivity index (χ0v) is 15.5. The Labute approximate surface area is 154 Å². The fourth-order valence-electron chi connectivity index (χ4n) is 2.13. The minimum atomic E-state index is -0.535. The third-order valence-electron chi connectivity index (χ3n) is 3.53. The van der Waals surface area contributed by atoms with Crippen molar-refractivity contribution in [3.05, 3.63) is 41.6 Å². The number of urea groups is 1. The second-order valence-corrected chi connectivity index (χ2v) is 5.87. The van der Waals surface area contributed by atoms with E-state index in [1.807, 2.05) is 31.2 Å². The van der Waals surface area contributed by atoms with Crippen LogP contribution in [0.3, 0.4) is 0 Å². The number of hydrogen-bond donors (Lipinski definition) is 2. The quantitative estimate of drug-likeness (QED) is 0.422. The standard InChI is InChI=1S/C18H24N4O2S/c1-5-6-11-22(13(2)23)18(24)21-17(25)15-9-7-14(8-10-15)16(20-4)12-19-3/h7-10,12,17,25H,3-6,11H2,1-2H3,(H,21,24)/b16-12-. The Morgan fingerprint density at radius 2 is 1.96 bits per heavy atom. The highest BCUT2D eigenvalue weighted by atomic mass is 32.1. The second-order valence-electron chi connectivity index (χ2n) is 5.35. The summed E-state index contributed by atoms with van der Waals surface area (Å²) in [5.74, 6) is -0.286. The maximum atomic E-state index is 12.3. The predicted molar refractivity (Wildman–Crippen MR) is 106 cm³/mol. The van der Waals surface area contributed by atoms with Gasteiger partial charge >= 0.3 is 6.03 Å². The maximum absolute atomic E-state index is 12.3. The molecule has 6 nitrogen and oxygen atoms in total. The maximum Gasteiger partial charge on any atom is 0.325 e. The first-order chi connectivity index (χ1) is 11.9. The van der Waals surface area contributed by atoms with Gasteiger partial charge in [-0.15, -0.1) is 12.6 Å². The number of rotatable bonds is 8. The highest BCUT2D eigenvalue weighted by Gasteiger charge is 2.20. The van der Waals surface area contributed by atoms with Crippen LogP contribution in [0, 0.1) is 0 Å². The zero-order valence-electron chi connectivity index (χ0n) is 14.6. The van der Waals surface area contributed by atoms with E-state index in [1.165, 1.54) is 18.0 Å². The van der Waals surface area contributed by atoms with Crippen molar-refractivity contribution in [2.75, 3.05) is 6.54 Å². The number of unbranched alkanes of at least 4 members (excludes halogenated alkanes) is 1. The SMILES string of the molecule is C=N/C=C(\N=C)c1ccc(C(S)NC(=O)N(CCCC)C(C)=O)cc1. The van der Waals surface area contributed by atoms with E-state index < -0.39 is 11.4 Å². The molecule has 0 saturated carbocycles. The lowest BCUT2D eigenvalue weighted by atomic mass is 10.1. The van der Waals surface area contributed by atoms with Gasteiger partial charge in [-0.2, -0.15) is 0 Å². The molecule has 0 radical (unpaired) electrons. The van der Waals surface area contributed by atoms with Crippen molar-refractivity contribution < 1.29 is 9.59 Å². The topological polar surface area (TPSA) is 74.1 Å². The van der Waals surface area contributed by atoms with Gasteiger partial charge in [0.2, 0.25) is 5.91 Å². The van der Waals surface area contributed by atoms with Crippen molar-refractivity contribution in [2.45, 2.75) is 32.1 Å². The Hall–Kier alpha value is -2.41. The van der Waals surface area contributed by atoms with Crippen LogP contribution in [-0.2, 0) is 4.79 Å². The van der Waals surface area contributed by atoms with Crippen LogP contribution in [0.4, 0.5) is 4.79 Å². The van der Waals surface area contributed by atoms with Crippen LogP contribution in [0.25, 0.3) is 5.70 Å². The Morgan fingerprint density at radius 3 is 2.44 bits per heavy atom. The van der Waals surface area contributed by atoms with E-state index in [9.17, 15) is 9.59 Å². The lowest BCUT2D eigenvalue weighted by Gasteiger charge is -2.22. The third-order valence-corrected chi connectivity index (χ3v) is 3.95. The Morgan fingerprint density at radius 1 is 1.32 bits per heavy atom. The fraction of sp³-hybridized carbons (Fsp3) is 0.333. The van der Waals surface area contributed by atoms with Gasteiger partial charge in [-0.3, -0.25) is 19.7 Å². The molecule has 0 aliphatic carbocycles. The van der Waals surface area contributed by atoms with Gasteiger partial charge in [-0.25, -0.2) is 4.79 Å². The number of aliphatic imine (C=N–C) groups is 2. The average molecular weight is 360 g/mol. The van der Waals surface area contributed by atoms with E-state index in [-0.39, 0.29) is 5.91 Å². The lowest BCUT2D eigenvalue weighted by Crippen LogP contribution is -2.43. The molecule has 1 rings (SSSR count). The van der Waals surface area contributed by atoms with Gasteiger partial charge in [-0.1, -0.05) is 37.6 Å². The first-order valence-corrected chi connectivity index (χ1v) is 8.46. The monoisotopic (exact) mass is 360 g/mol. The van der Waals surface area contributed by atoms with Crippen molar-refractivity contribution in [3.8, 4) is 0 Å². The molecule has 1 atom stereocenters. The van der Waals surface area contributed by atoms with Crippen LogP contribution in [-0.4, -0.2) is 36.8 Å². The summed E-state index contributed by atoms with van der Waals surface area (Å²) < 4.78 is 0. The predicted octanol–water partition coefficient (Wildman–Crippen LogP) is 3.67. The van der Waals surface area contributed by atoms with Crippen LogP contribution in [0.1, 0.15) is 43.2 Å². The number of amides is 3. The van der Waals surface area contributed by atoms with Crippen LogP contribution in [0.5, 0.6) is 0 Å². The van der Waals surface area contributed by atoms with E-state index >= 15 is 0 Å². The number of benzene rings is 1. The normalized spacial score (nSPS) is 12.2. The third kappa shape index (κ3) is 6.19. The summed E-state index contributed by atoms with van der Waals surface area (Å²) in [6, 6.07) is 6.85. The number of nitrogens with zero attached hydrogens (tertiary/aromatic N) is 3. The molecule has 25 heavy (non-hydrogen) atoms. The van der Waals surface area contributed by atoms with Crippen molar-refractivity contribution in [2.24, 2.45) is 9.98 Å². The molecular formula is C18H24N4O2S. The summed E-state index contributed by atoms with van der Waals surface area (Å²) >= 11 is 4.41. The first-order valence-electron chi connectivity index (χ1n) is 7.94. The first kappa shape index (κ1) is 20.6. The molecule has 1 aromatic rings. The Balaban J connectivity index is 2.82. The van der Waals surface area contributed by atoms with E-state index in [4.69, 9.17) is 0 Å². The van der Waals surface area contributed by atoms with E-state index in [0.717, 1.165) is 24.0 Å². The Bertz CT molecular complexity index is 656. The number of hydrogen-bond acceptors (Lipinski definition) is 5. The number of nitrogens with one attached hydrogen (secondary N) is 1. The highest BCUT2D eigenvalue weighted by Crippen LogP contribution is 2.21. The molecular weight excluding hydrogens is 336 g/mol. The van der Waals surface area contributed by atoms with Crippen molar-refractivity contribution in [1.29, 1.82) is 0 Å². The van der Waals surface area contributed by atoms with Crippen LogP contribution in [0.15, 0.2) is 40.5 Å². The summed E-state index contributed by atoms with van der Waals surface area (Å²) in [4.78, 5) is 32.7. The number of carbonyl (C=O) groups excluding carboxylic acids is 2. The summed E-state index contributed by atoms with van der Waals surface area (Å²) in [5, 5.41) is 2.19. The molecule has 0 bridgehead atoms. The largest absolute Gasteiger partial charge is 0.325 e. The van der Waals surface area contributed by atoms with Crippen molar-refractivity contribution in [1.82, 2.24) is 10.2 Å². The molecule has 0 aliphatic rings. The molecule has 0 heterocycles. The molecule has 0 aromatic heterocycles. The Kier molecular flexibility index (Phi) is 8.63. The molecule has 0 spiro atoms. The summed E-state index contributed by atoms with van der Waals surface area (Å²) in [7, 11) is 0. The molecule has 0 aliphatic heterocycles. The van der Waals surface area contributed by atoms with Gasteiger partial charge in [-0.05, 0) is 25.4 Å². The summed E-state index contributed by atoms with van der Waals surface area (Å²) in [5.41, 5.74) is 2.21. The molecule has 7 heteroatoms. The molecule has 0 saturated heterocycles. The van der Waals surface area contributed by atoms with Gasteiger partial charge in [0.05, 0.1) is 17.3 Å². The zero-order chi connectivity index (χ0) is 18.8. The minimum absolute atomic E-state index is 0.286. The van der Waals surface area contributed by atoms with Crippen LogP contribution >= 0.6 is 12.6 Å². The molecule has 0 fully saturated rings. The number of imide groups is 1. The van der Waals surface area contributed by atoms with Gasteiger partial charge in [0.25, 0.3) is 0 Å². The smallest absolute Gasteiger partial charge is 0.322 e. The van der Waals surface area contributed by atoms with E-state index in [2.05, 4.69) is 41.4 Å². The van der Waals surface area contributed by atoms with Gasteiger partial charge in [0.15, 0.2) is 0 Å². The molecule has 1 N–H and O–H groups in total. The average Bonchev–Trinajstić information content (AvgIpc) is 2.59. The molecule has 3 amide bonds. The van der Waals surface area contributed by atoms with Gasteiger partial charge in [0.1, 0.15) is 0 Å². The molecule has 1 unspecified atom stereocenters. The summed E-state index contributed by atoms with van der Waals surface area (Å²) in [6.07, 6.45) is 3.18. The fourth-order valence-corrected chi connectivity index (χ4v) is 2.41. The molecule has 134 valence electrons. The van der Waals surface area contributed by atoms with Gasteiger partial charge < -0.3 is 5.32 Å². The van der Waals surface area contributed by atoms with Crippen LogP contribution in [0.2, 0.25) is 0 Å².